The van der Waals surface area contributed by atoms with Crippen LogP contribution in [-0.2, 0) is 0 Å². The fourth-order valence-electron chi connectivity index (χ4n) is 2.52. The molecule has 0 N–H and O–H groups in total. The molecule has 0 radical (unpaired) electrons. The molecule has 1 atom stereocenters. The van der Waals surface area contributed by atoms with E-state index in [0.717, 1.165) is 18.0 Å². The van der Waals surface area contributed by atoms with Gasteiger partial charge in [-0.05, 0) is 55.8 Å². The number of hydrogen-bond acceptors (Lipinski definition) is 3. The second-order valence-corrected chi connectivity index (χ2v) is 4.93. The van der Waals surface area contributed by atoms with Gasteiger partial charge in [-0.25, -0.2) is 0 Å². The van der Waals surface area contributed by atoms with Crippen molar-refractivity contribution in [2.45, 2.75) is 19.9 Å². The molecule has 2 aromatic rings. The number of anilines is 1. The van der Waals surface area contributed by atoms with E-state index in [1.54, 1.807) is 14.2 Å². The normalized spacial score (nSPS) is 11.8. The monoisotopic (exact) mass is 285 g/mol. The molecule has 0 aliphatic carbocycles. The fraction of sp³-hybridized carbons (Fsp3) is 0.333. The zero-order chi connectivity index (χ0) is 15.2. The van der Waals surface area contributed by atoms with Gasteiger partial charge in [0, 0.05) is 12.2 Å². The summed E-state index contributed by atoms with van der Waals surface area (Å²) in [4.78, 5) is 2.36. The van der Waals surface area contributed by atoms with Crippen LogP contribution in [0.2, 0.25) is 0 Å². The molecule has 0 spiro atoms. The molecule has 112 valence electrons. The predicted molar refractivity (Wildman–Crippen MR) is 87.4 cm³/mol. The molecule has 0 saturated carbocycles. The average Bonchev–Trinajstić information content (AvgIpc) is 2.56. The van der Waals surface area contributed by atoms with Crippen LogP contribution in [0.25, 0.3) is 0 Å². The van der Waals surface area contributed by atoms with Gasteiger partial charge in [0.2, 0.25) is 0 Å². The van der Waals surface area contributed by atoms with E-state index in [2.05, 4.69) is 43.0 Å². The molecule has 3 nitrogen and oxygen atoms in total. The summed E-state index contributed by atoms with van der Waals surface area (Å²) in [5.41, 5.74) is 2.47. The van der Waals surface area contributed by atoms with Crippen molar-refractivity contribution < 1.29 is 9.47 Å². The molecule has 1 unspecified atom stereocenters. The lowest BCUT2D eigenvalue weighted by atomic mass is 10.1. The first-order chi connectivity index (χ1) is 10.2. The Hall–Kier alpha value is -2.16. The molecule has 0 aromatic heterocycles. The average molecular weight is 285 g/mol. The Morgan fingerprint density at radius 1 is 0.857 bits per heavy atom. The van der Waals surface area contributed by atoms with E-state index in [4.69, 9.17) is 9.47 Å². The van der Waals surface area contributed by atoms with Crippen molar-refractivity contribution in [2.24, 2.45) is 0 Å². The van der Waals surface area contributed by atoms with Crippen molar-refractivity contribution in [2.75, 3.05) is 25.7 Å². The van der Waals surface area contributed by atoms with Gasteiger partial charge in [-0.3, -0.25) is 0 Å². The smallest absolute Gasteiger partial charge is 0.119 e. The third-order valence-electron chi connectivity index (χ3n) is 3.81. The van der Waals surface area contributed by atoms with Crippen LogP contribution < -0.4 is 14.4 Å². The Morgan fingerprint density at radius 2 is 1.33 bits per heavy atom. The van der Waals surface area contributed by atoms with E-state index in [-0.39, 0.29) is 0 Å². The molecule has 0 aliphatic rings. The Balaban J connectivity index is 2.21. The highest BCUT2D eigenvalue weighted by Gasteiger charge is 2.15. The van der Waals surface area contributed by atoms with Crippen molar-refractivity contribution in [3.05, 3.63) is 54.1 Å². The lowest BCUT2D eigenvalue weighted by molar-refractivity contribution is 0.414. The Morgan fingerprint density at radius 3 is 1.76 bits per heavy atom. The Kier molecular flexibility index (Phi) is 5.09. The standard InChI is InChI=1S/C18H23NO2/c1-5-19(16-8-12-18(21-4)13-9-16)14(2)15-6-10-17(20-3)11-7-15/h6-14H,5H2,1-4H3. The Labute approximate surface area is 127 Å². The summed E-state index contributed by atoms with van der Waals surface area (Å²) in [5, 5.41) is 0. The highest BCUT2D eigenvalue weighted by Crippen LogP contribution is 2.29. The van der Waals surface area contributed by atoms with Crippen molar-refractivity contribution in [3.8, 4) is 11.5 Å². The zero-order valence-electron chi connectivity index (χ0n) is 13.2. The number of ether oxygens (including phenoxy) is 2. The maximum atomic E-state index is 5.22. The molecule has 0 heterocycles. The van der Waals surface area contributed by atoms with Gasteiger partial charge < -0.3 is 14.4 Å². The minimum atomic E-state index is 0.300. The van der Waals surface area contributed by atoms with Gasteiger partial charge in [0.05, 0.1) is 20.3 Å². The first-order valence-corrected chi connectivity index (χ1v) is 7.24. The van der Waals surface area contributed by atoms with Gasteiger partial charge in [-0.2, -0.15) is 0 Å². The third-order valence-corrected chi connectivity index (χ3v) is 3.81. The molecular weight excluding hydrogens is 262 g/mol. The van der Waals surface area contributed by atoms with Crippen LogP contribution in [0, 0.1) is 0 Å². The van der Waals surface area contributed by atoms with Crippen molar-refractivity contribution in [1.29, 1.82) is 0 Å². The summed E-state index contributed by atoms with van der Waals surface area (Å²) in [6, 6.07) is 16.8. The van der Waals surface area contributed by atoms with Crippen LogP contribution in [-0.4, -0.2) is 20.8 Å². The highest BCUT2D eigenvalue weighted by molar-refractivity contribution is 5.51. The number of benzene rings is 2. The van der Waals surface area contributed by atoms with Crippen LogP contribution >= 0.6 is 0 Å². The summed E-state index contributed by atoms with van der Waals surface area (Å²) < 4.78 is 10.4. The zero-order valence-corrected chi connectivity index (χ0v) is 13.2. The number of rotatable bonds is 6. The number of nitrogens with zero attached hydrogens (tertiary/aromatic N) is 1. The molecule has 21 heavy (non-hydrogen) atoms. The van der Waals surface area contributed by atoms with Gasteiger partial charge in [0.15, 0.2) is 0 Å². The Bertz CT molecular complexity index is 548. The van der Waals surface area contributed by atoms with E-state index in [9.17, 15) is 0 Å². The van der Waals surface area contributed by atoms with E-state index in [1.807, 2.05) is 24.3 Å². The maximum absolute atomic E-state index is 5.22. The first-order valence-electron chi connectivity index (χ1n) is 7.24. The molecule has 3 heteroatoms. The van der Waals surface area contributed by atoms with E-state index in [0.29, 0.717) is 6.04 Å². The SMILES string of the molecule is CCN(c1ccc(OC)cc1)C(C)c1ccc(OC)cc1. The molecular formula is C18H23NO2. The molecule has 0 aliphatic heterocycles. The summed E-state index contributed by atoms with van der Waals surface area (Å²) in [7, 11) is 3.38. The lowest BCUT2D eigenvalue weighted by Crippen LogP contribution is -2.26. The maximum Gasteiger partial charge on any atom is 0.119 e. The summed E-state index contributed by atoms with van der Waals surface area (Å²) in [5.74, 6) is 1.77. The molecule has 2 rings (SSSR count). The van der Waals surface area contributed by atoms with Crippen molar-refractivity contribution >= 4 is 5.69 Å². The van der Waals surface area contributed by atoms with Crippen molar-refractivity contribution in [1.82, 2.24) is 0 Å². The number of methoxy groups -OCH3 is 2. The van der Waals surface area contributed by atoms with E-state index < -0.39 is 0 Å². The molecule has 2 aromatic carbocycles. The summed E-state index contributed by atoms with van der Waals surface area (Å²) in [6.07, 6.45) is 0. The number of hydrogen-bond donors (Lipinski definition) is 0. The molecule has 0 fully saturated rings. The van der Waals surface area contributed by atoms with Gasteiger partial charge >= 0.3 is 0 Å². The van der Waals surface area contributed by atoms with Gasteiger partial charge in [0.1, 0.15) is 11.5 Å². The van der Waals surface area contributed by atoms with E-state index in [1.165, 1.54) is 11.3 Å². The molecule has 0 bridgehead atoms. The first kappa shape index (κ1) is 15.2. The second kappa shape index (κ2) is 7.02. The lowest BCUT2D eigenvalue weighted by Gasteiger charge is -2.30. The van der Waals surface area contributed by atoms with Crippen LogP contribution in [0.15, 0.2) is 48.5 Å². The minimum Gasteiger partial charge on any atom is -0.497 e. The van der Waals surface area contributed by atoms with Crippen molar-refractivity contribution in [3.63, 3.8) is 0 Å². The summed E-state index contributed by atoms with van der Waals surface area (Å²) >= 11 is 0. The molecule has 0 amide bonds. The van der Waals surface area contributed by atoms with E-state index >= 15 is 0 Å². The van der Waals surface area contributed by atoms with Crippen LogP contribution in [0.5, 0.6) is 11.5 Å². The fourth-order valence-corrected chi connectivity index (χ4v) is 2.52. The van der Waals surface area contributed by atoms with Crippen LogP contribution in [0.3, 0.4) is 0 Å². The minimum absolute atomic E-state index is 0.300. The highest BCUT2D eigenvalue weighted by atomic mass is 16.5. The second-order valence-electron chi connectivity index (χ2n) is 4.93. The third kappa shape index (κ3) is 3.48. The predicted octanol–water partition coefficient (Wildman–Crippen LogP) is 4.29. The largest absolute Gasteiger partial charge is 0.497 e. The van der Waals surface area contributed by atoms with Gasteiger partial charge in [0.25, 0.3) is 0 Å². The topological polar surface area (TPSA) is 21.7 Å². The quantitative estimate of drug-likeness (QED) is 0.790. The van der Waals surface area contributed by atoms with Gasteiger partial charge in [-0.15, -0.1) is 0 Å². The van der Waals surface area contributed by atoms with Crippen LogP contribution in [0.4, 0.5) is 5.69 Å². The van der Waals surface area contributed by atoms with Crippen LogP contribution in [0.1, 0.15) is 25.5 Å². The van der Waals surface area contributed by atoms with Gasteiger partial charge in [-0.1, -0.05) is 12.1 Å². The summed E-state index contributed by atoms with van der Waals surface area (Å²) in [6.45, 7) is 5.33. The molecule has 0 saturated heterocycles.